The molecule has 2 N–H and O–H groups in total. The summed E-state index contributed by atoms with van der Waals surface area (Å²) < 4.78 is 0.987. The third kappa shape index (κ3) is 1.77. The number of carbonyl (C=O) groups is 1. The maximum Gasteiger partial charge on any atom is 0.254 e. The Labute approximate surface area is 88.7 Å². The average Bonchev–Trinajstić information content (AvgIpc) is 2.45. The highest BCUT2D eigenvalue weighted by Crippen LogP contribution is 2.22. The molecule has 3 nitrogen and oxygen atoms in total. The topological polar surface area (TPSA) is 46.3 Å². The van der Waals surface area contributed by atoms with E-state index >= 15 is 0 Å². The number of thiophene rings is 1. The van der Waals surface area contributed by atoms with Gasteiger partial charge in [0.2, 0.25) is 0 Å². The Morgan fingerprint density at radius 1 is 1.69 bits per heavy atom. The molecule has 0 unspecified atom stereocenters. The third-order valence-electron chi connectivity index (χ3n) is 2.01. The summed E-state index contributed by atoms with van der Waals surface area (Å²) in [6.45, 7) is 1.37. The molecule has 1 aromatic rings. The number of likely N-dealkylation sites (tertiary alicyclic amines) is 1. The van der Waals surface area contributed by atoms with Crippen LogP contribution in [0.2, 0.25) is 0 Å². The van der Waals surface area contributed by atoms with E-state index in [4.69, 9.17) is 5.73 Å². The fourth-order valence-electron chi connectivity index (χ4n) is 1.28. The van der Waals surface area contributed by atoms with Gasteiger partial charge in [-0.25, -0.2) is 0 Å². The van der Waals surface area contributed by atoms with Crippen LogP contribution in [0.15, 0.2) is 15.2 Å². The van der Waals surface area contributed by atoms with Crippen molar-refractivity contribution >= 4 is 33.2 Å². The largest absolute Gasteiger partial charge is 0.335 e. The van der Waals surface area contributed by atoms with Gasteiger partial charge in [0.05, 0.1) is 9.35 Å². The first-order chi connectivity index (χ1) is 6.16. The lowest BCUT2D eigenvalue weighted by atomic mass is 10.1. The molecule has 1 aliphatic heterocycles. The molecular weight excluding hydrogens is 252 g/mol. The van der Waals surface area contributed by atoms with Crippen LogP contribution in [0.1, 0.15) is 10.4 Å². The summed E-state index contributed by atoms with van der Waals surface area (Å²) in [5.74, 6) is 0.0867. The number of carbonyl (C=O) groups excluding carboxylic acids is 1. The van der Waals surface area contributed by atoms with Crippen LogP contribution in [0.3, 0.4) is 0 Å². The van der Waals surface area contributed by atoms with Crippen molar-refractivity contribution in [1.29, 1.82) is 0 Å². The van der Waals surface area contributed by atoms with Crippen LogP contribution >= 0.6 is 27.3 Å². The van der Waals surface area contributed by atoms with Gasteiger partial charge in [-0.3, -0.25) is 4.79 Å². The van der Waals surface area contributed by atoms with Crippen LogP contribution in [-0.2, 0) is 0 Å². The van der Waals surface area contributed by atoms with E-state index < -0.39 is 0 Å². The van der Waals surface area contributed by atoms with Gasteiger partial charge in [-0.1, -0.05) is 0 Å². The molecule has 70 valence electrons. The molecular formula is C8H9BrN2OS. The summed E-state index contributed by atoms with van der Waals surface area (Å²) in [6.07, 6.45) is 0. The van der Waals surface area contributed by atoms with Crippen molar-refractivity contribution in [3.63, 3.8) is 0 Å². The number of halogens is 1. The van der Waals surface area contributed by atoms with Crippen LogP contribution in [0.25, 0.3) is 0 Å². The second-order valence-electron chi connectivity index (χ2n) is 3.11. The average molecular weight is 261 g/mol. The van der Waals surface area contributed by atoms with E-state index in [9.17, 15) is 4.79 Å². The normalized spacial score (nSPS) is 17.2. The molecule has 0 saturated carbocycles. The fourth-order valence-corrected chi connectivity index (χ4v) is 2.41. The molecule has 2 rings (SSSR count). The zero-order chi connectivity index (χ0) is 9.42. The first kappa shape index (κ1) is 9.18. The van der Waals surface area contributed by atoms with E-state index in [0.717, 1.165) is 9.35 Å². The van der Waals surface area contributed by atoms with E-state index in [-0.39, 0.29) is 11.9 Å². The molecule has 0 spiro atoms. The van der Waals surface area contributed by atoms with Gasteiger partial charge in [-0.15, -0.1) is 11.3 Å². The van der Waals surface area contributed by atoms with Crippen molar-refractivity contribution in [3.8, 4) is 0 Å². The lowest BCUT2D eigenvalue weighted by Gasteiger charge is -2.36. The number of amides is 1. The van der Waals surface area contributed by atoms with Crippen molar-refractivity contribution in [3.05, 3.63) is 20.8 Å². The molecule has 0 atom stereocenters. The molecule has 0 aliphatic carbocycles. The van der Waals surface area contributed by atoms with Gasteiger partial charge in [0.1, 0.15) is 0 Å². The van der Waals surface area contributed by atoms with E-state index in [1.54, 1.807) is 4.90 Å². The summed E-state index contributed by atoms with van der Waals surface area (Å²) in [7, 11) is 0. The second kappa shape index (κ2) is 3.40. The molecule has 0 bridgehead atoms. The number of hydrogen-bond acceptors (Lipinski definition) is 3. The molecule has 1 saturated heterocycles. The number of hydrogen-bond donors (Lipinski definition) is 1. The van der Waals surface area contributed by atoms with Crippen LogP contribution < -0.4 is 5.73 Å². The highest BCUT2D eigenvalue weighted by Gasteiger charge is 2.28. The predicted octanol–water partition coefficient (Wildman–Crippen LogP) is 1.29. The van der Waals surface area contributed by atoms with Gasteiger partial charge in [0, 0.05) is 24.5 Å². The summed E-state index contributed by atoms with van der Waals surface area (Å²) in [5.41, 5.74) is 6.34. The van der Waals surface area contributed by atoms with Gasteiger partial charge >= 0.3 is 0 Å². The minimum atomic E-state index is 0.0867. The van der Waals surface area contributed by atoms with Crippen molar-refractivity contribution in [2.24, 2.45) is 5.73 Å². The lowest BCUT2D eigenvalue weighted by molar-refractivity contribution is 0.0608. The quantitative estimate of drug-likeness (QED) is 0.828. The van der Waals surface area contributed by atoms with E-state index in [1.165, 1.54) is 11.3 Å². The highest BCUT2D eigenvalue weighted by molar-refractivity contribution is 9.11. The summed E-state index contributed by atoms with van der Waals surface area (Å²) in [5, 5.41) is 1.86. The number of rotatable bonds is 1. The SMILES string of the molecule is NC1CN(C(=O)c2csc(Br)c2)C1. The van der Waals surface area contributed by atoms with E-state index in [0.29, 0.717) is 13.1 Å². The molecule has 13 heavy (non-hydrogen) atoms. The van der Waals surface area contributed by atoms with E-state index in [2.05, 4.69) is 15.9 Å². The number of nitrogens with zero attached hydrogens (tertiary/aromatic N) is 1. The molecule has 1 amide bonds. The minimum Gasteiger partial charge on any atom is -0.335 e. The Morgan fingerprint density at radius 3 is 2.85 bits per heavy atom. The van der Waals surface area contributed by atoms with Gasteiger partial charge in [0.25, 0.3) is 5.91 Å². The van der Waals surface area contributed by atoms with E-state index in [1.807, 2.05) is 11.4 Å². The summed E-state index contributed by atoms with van der Waals surface area (Å²) >= 11 is 4.85. The second-order valence-corrected chi connectivity index (χ2v) is 5.40. The molecule has 2 heterocycles. The Hall–Kier alpha value is -0.390. The zero-order valence-corrected chi connectivity index (χ0v) is 9.27. The van der Waals surface area contributed by atoms with Gasteiger partial charge in [-0.05, 0) is 22.0 Å². The smallest absolute Gasteiger partial charge is 0.254 e. The van der Waals surface area contributed by atoms with Crippen LogP contribution in [-0.4, -0.2) is 29.9 Å². The highest BCUT2D eigenvalue weighted by atomic mass is 79.9. The van der Waals surface area contributed by atoms with Crippen molar-refractivity contribution in [2.75, 3.05) is 13.1 Å². The standard InChI is InChI=1S/C8H9BrN2OS/c9-7-1-5(4-13-7)8(12)11-2-6(10)3-11/h1,4,6H,2-3,10H2. The Bertz CT molecular complexity index is 333. The lowest BCUT2D eigenvalue weighted by Crippen LogP contribution is -2.57. The van der Waals surface area contributed by atoms with Crippen molar-refractivity contribution < 1.29 is 4.79 Å². The van der Waals surface area contributed by atoms with Gasteiger partial charge in [-0.2, -0.15) is 0 Å². The Kier molecular flexibility index (Phi) is 2.40. The molecule has 1 fully saturated rings. The minimum absolute atomic E-state index is 0.0867. The van der Waals surface area contributed by atoms with Crippen LogP contribution in [0.5, 0.6) is 0 Å². The third-order valence-corrected chi connectivity index (χ3v) is 3.52. The van der Waals surface area contributed by atoms with Crippen molar-refractivity contribution in [1.82, 2.24) is 4.90 Å². The number of nitrogens with two attached hydrogens (primary N) is 1. The molecule has 5 heteroatoms. The van der Waals surface area contributed by atoms with Gasteiger partial charge < -0.3 is 10.6 Å². The van der Waals surface area contributed by atoms with Crippen LogP contribution in [0.4, 0.5) is 0 Å². The Balaban J connectivity index is 2.06. The summed E-state index contributed by atoms with van der Waals surface area (Å²) in [6, 6.07) is 2.02. The summed E-state index contributed by atoms with van der Waals surface area (Å²) in [4.78, 5) is 13.4. The Morgan fingerprint density at radius 2 is 2.38 bits per heavy atom. The maximum atomic E-state index is 11.6. The molecule has 0 aromatic carbocycles. The van der Waals surface area contributed by atoms with Crippen LogP contribution in [0, 0.1) is 0 Å². The molecule has 1 aromatic heterocycles. The molecule has 1 aliphatic rings. The first-order valence-corrected chi connectivity index (χ1v) is 5.63. The maximum absolute atomic E-state index is 11.6. The van der Waals surface area contributed by atoms with Gasteiger partial charge in [0.15, 0.2) is 0 Å². The predicted molar refractivity (Wildman–Crippen MR) is 55.9 cm³/mol. The zero-order valence-electron chi connectivity index (χ0n) is 6.87. The van der Waals surface area contributed by atoms with Crippen molar-refractivity contribution in [2.45, 2.75) is 6.04 Å². The fraction of sp³-hybridized carbons (Fsp3) is 0.375. The monoisotopic (exact) mass is 260 g/mol. The molecule has 0 radical (unpaired) electrons. The first-order valence-electron chi connectivity index (χ1n) is 3.95.